The number of nitrogens with zero attached hydrogens (tertiary/aromatic N) is 2. The van der Waals surface area contributed by atoms with Crippen LogP contribution >= 0.6 is 0 Å². The molecule has 4 rings (SSSR count). The zero-order valence-corrected chi connectivity index (χ0v) is 18.3. The Morgan fingerprint density at radius 2 is 2.10 bits per heavy atom. The van der Waals surface area contributed by atoms with Crippen LogP contribution in [0, 0.1) is 0 Å². The summed E-state index contributed by atoms with van der Waals surface area (Å²) >= 11 is 0. The zero-order valence-electron chi connectivity index (χ0n) is 18.3. The lowest BCUT2D eigenvalue weighted by Crippen LogP contribution is -2.28. The molecule has 0 N–H and O–H groups in total. The van der Waals surface area contributed by atoms with Crippen LogP contribution in [0.25, 0.3) is 11.3 Å². The van der Waals surface area contributed by atoms with E-state index < -0.39 is 0 Å². The molecular weight excluding hydrogens is 380 g/mol. The summed E-state index contributed by atoms with van der Waals surface area (Å²) < 4.78 is 25.4. The predicted molar refractivity (Wildman–Crippen MR) is 116 cm³/mol. The van der Waals surface area contributed by atoms with Crippen LogP contribution in [0.4, 0.5) is 0 Å². The lowest BCUT2D eigenvalue weighted by molar-refractivity contribution is 0.117. The fourth-order valence-corrected chi connectivity index (χ4v) is 4.28. The molecule has 1 saturated heterocycles. The molecule has 0 amide bonds. The van der Waals surface area contributed by atoms with E-state index in [1.165, 1.54) is 5.56 Å². The average Bonchev–Trinajstić information content (AvgIpc) is 3.30. The summed E-state index contributed by atoms with van der Waals surface area (Å²) in [5.41, 5.74) is 4.38. The van der Waals surface area contributed by atoms with Gasteiger partial charge in [0.25, 0.3) is 0 Å². The summed E-state index contributed by atoms with van der Waals surface area (Å²) in [4.78, 5) is 4.94. The van der Waals surface area contributed by atoms with Crippen LogP contribution in [-0.2, 0) is 17.7 Å². The molecule has 2 aliphatic rings. The van der Waals surface area contributed by atoms with Gasteiger partial charge >= 0.3 is 0 Å². The van der Waals surface area contributed by atoms with Gasteiger partial charge in [0.15, 0.2) is 11.5 Å². The maximum atomic E-state index is 6.08. The number of benzene rings is 1. The molecule has 6 heteroatoms. The van der Waals surface area contributed by atoms with Gasteiger partial charge < -0.3 is 23.5 Å². The molecule has 0 spiro atoms. The molecule has 2 aromatic rings. The molecule has 1 unspecified atom stereocenters. The summed E-state index contributed by atoms with van der Waals surface area (Å²) in [6.07, 6.45) is 5.45. The minimum atomic E-state index is 0.228. The topological polar surface area (TPSA) is 54.2 Å². The van der Waals surface area contributed by atoms with Crippen LogP contribution in [0.15, 0.2) is 29.3 Å². The van der Waals surface area contributed by atoms with Gasteiger partial charge in [-0.3, -0.25) is 4.99 Å². The normalized spacial score (nSPS) is 18.1. The Labute approximate surface area is 178 Å². The molecule has 3 heterocycles. The molecule has 2 aliphatic heterocycles. The van der Waals surface area contributed by atoms with Gasteiger partial charge in [-0.15, -0.1) is 0 Å². The Balaban J connectivity index is 1.78. The fourth-order valence-electron chi connectivity index (χ4n) is 4.28. The van der Waals surface area contributed by atoms with E-state index in [-0.39, 0.29) is 6.10 Å². The van der Waals surface area contributed by atoms with Crippen molar-refractivity contribution in [2.45, 2.75) is 51.7 Å². The van der Waals surface area contributed by atoms with E-state index >= 15 is 0 Å². The van der Waals surface area contributed by atoms with Crippen molar-refractivity contribution >= 4 is 0 Å². The maximum absolute atomic E-state index is 6.08. The second-order valence-electron chi connectivity index (χ2n) is 7.84. The molecule has 0 radical (unpaired) electrons. The minimum Gasteiger partial charge on any atom is -0.493 e. The van der Waals surface area contributed by atoms with Crippen LogP contribution in [0.3, 0.4) is 0 Å². The maximum Gasteiger partial charge on any atom is 0.164 e. The molecule has 1 atom stereocenters. The van der Waals surface area contributed by atoms with Crippen LogP contribution in [0.5, 0.6) is 17.2 Å². The SMILES string of the molecule is CCCCOc1cc2n(c(=NCC3CCCO3)c1)CCc1c-2ccc(OC)c1OC. The van der Waals surface area contributed by atoms with E-state index in [1.807, 2.05) is 6.07 Å². The number of hydrogen-bond donors (Lipinski definition) is 0. The number of aromatic nitrogens is 1. The lowest BCUT2D eigenvalue weighted by atomic mass is 9.95. The third-order valence-corrected chi connectivity index (χ3v) is 5.87. The van der Waals surface area contributed by atoms with Crippen molar-refractivity contribution in [3.8, 4) is 28.5 Å². The minimum absolute atomic E-state index is 0.228. The summed E-state index contributed by atoms with van der Waals surface area (Å²) in [5.74, 6) is 2.45. The monoisotopic (exact) mass is 412 g/mol. The smallest absolute Gasteiger partial charge is 0.164 e. The summed E-state index contributed by atoms with van der Waals surface area (Å²) in [5, 5.41) is 0. The van der Waals surface area contributed by atoms with E-state index in [2.05, 4.69) is 29.7 Å². The first-order valence-electron chi connectivity index (χ1n) is 11.0. The summed E-state index contributed by atoms with van der Waals surface area (Å²) in [6.45, 7) is 5.26. The Kier molecular flexibility index (Phi) is 6.62. The van der Waals surface area contributed by atoms with Gasteiger partial charge in [-0.05, 0) is 37.8 Å². The number of unbranched alkanes of at least 4 members (excludes halogenated alkanes) is 1. The van der Waals surface area contributed by atoms with Gasteiger partial charge in [0.2, 0.25) is 0 Å². The number of ether oxygens (including phenoxy) is 4. The van der Waals surface area contributed by atoms with Gasteiger partial charge in [-0.25, -0.2) is 0 Å². The first-order chi connectivity index (χ1) is 14.7. The highest BCUT2D eigenvalue weighted by atomic mass is 16.5. The average molecular weight is 413 g/mol. The number of rotatable bonds is 8. The van der Waals surface area contributed by atoms with Crippen molar-refractivity contribution in [1.82, 2.24) is 4.57 Å². The van der Waals surface area contributed by atoms with E-state index in [0.717, 1.165) is 79.2 Å². The first kappa shape index (κ1) is 20.8. The lowest BCUT2D eigenvalue weighted by Gasteiger charge is -2.26. The Hall–Kier alpha value is -2.47. The molecule has 0 saturated carbocycles. The molecule has 6 nitrogen and oxygen atoms in total. The highest BCUT2D eigenvalue weighted by Gasteiger charge is 2.23. The van der Waals surface area contributed by atoms with Gasteiger partial charge in [0.05, 0.1) is 39.2 Å². The number of pyridine rings is 1. The molecule has 1 aromatic carbocycles. The molecule has 162 valence electrons. The number of fused-ring (bicyclic) bond motifs is 3. The van der Waals surface area contributed by atoms with E-state index in [1.54, 1.807) is 14.2 Å². The fraction of sp³-hybridized carbons (Fsp3) is 0.542. The van der Waals surface area contributed by atoms with Gasteiger partial charge in [-0.2, -0.15) is 0 Å². The van der Waals surface area contributed by atoms with Crippen molar-refractivity contribution in [1.29, 1.82) is 0 Å². The quantitative estimate of drug-likeness (QED) is 0.616. The molecule has 30 heavy (non-hydrogen) atoms. The highest BCUT2D eigenvalue weighted by Crippen LogP contribution is 2.41. The van der Waals surface area contributed by atoms with Crippen molar-refractivity contribution in [2.24, 2.45) is 4.99 Å². The Morgan fingerprint density at radius 3 is 2.83 bits per heavy atom. The molecular formula is C24H32N2O4. The van der Waals surface area contributed by atoms with Gasteiger partial charge in [0, 0.05) is 36.4 Å². The van der Waals surface area contributed by atoms with Gasteiger partial charge in [0.1, 0.15) is 11.2 Å². The Morgan fingerprint density at radius 1 is 1.20 bits per heavy atom. The van der Waals surface area contributed by atoms with Gasteiger partial charge in [-0.1, -0.05) is 13.3 Å². The Bertz CT molecular complexity index is 945. The van der Waals surface area contributed by atoms with Crippen molar-refractivity contribution in [3.05, 3.63) is 35.3 Å². The summed E-state index contributed by atoms with van der Waals surface area (Å²) in [6, 6.07) is 8.28. The van der Waals surface area contributed by atoms with Crippen LogP contribution in [0.2, 0.25) is 0 Å². The zero-order chi connectivity index (χ0) is 20.9. The number of methoxy groups -OCH3 is 2. The number of hydrogen-bond acceptors (Lipinski definition) is 5. The standard InChI is InChI=1S/C24H32N2O4/c1-4-5-12-30-18-14-21-19-8-9-22(27-2)24(28-3)20(19)10-11-26(21)23(15-18)25-16-17-7-6-13-29-17/h8-9,14-15,17H,4-7,10-13,16H2,1-3H3. The van der Waals surface area contributed by atoms with Crippen LogP contribution < -0.4 is 19.7 Å². The second-order valence-corrected chi connectivity index (χ2v) is 7.84. The van der Waals surface area contributed by atoms with E-state index in [9.17, 15) is 0 Å². The molecule has 0 bridgehead atoms. The predicted octanol–water partition coefficient (Wildman–Crippen LogP) is 3.99. The summed E-state index contributed by atoms with van der Waals surface area (Å²) in [7, 11) is 3.38. The van der Waals surface area contributed by atoms with Crippen molar-refractivity contribution < 1.29 is 18.9 Å². The third kappa shape index (κ3) is 4.19. The second kappa shape index (κ2) is 9.56. The van der Waals surface area contributed by atoms with Crippen LogP contribution in [-0.4, -0.2) is 44.6 Å². The molecule has 0 aliphatic carbocycles. The van der Waals surface area contributed by atoms with E-state index in [4.69, 9.17) is 23.9 Å². The molecule has 1 fully saturated rings. The largest absolute Gasteiger partial charge is 0.493 e. The highest BCUT2D eigenvalue weighted by molar-refractivity contribution is 5.72. The van der Waals surface area contributed by atoms with Crippen molar-refractivity contribution in [3.63, 3.8) is 0 Å². The third-order valence-electron chi connectivity index (χ3n) is 5.87. The van der Waals surface area contributed by atoms with Crippen LogP contribution in [0.1, 0.15) is 38.2 Å². The van der Waals surface area contributed by atoms with Crippen molar-refractivity contribution in [2.75, 3.05) is 34.0 Å². The first-order valence-corrected chi connectivity index (χ1v) is 11.0. The van der Waals surface area contributed by atoms with E-state index in [0.29, 0.717) is 13.2 Å². The molecule has 1 aromatic heterocycles.